The van der Waals surface area contributed by atoms with Crippen LogP contribution in [0.4, 0.5) is 5.13 Å². The van der Waals surface area contributed by atoms with Crippen molar-refractivity contribution in [1.82, 2.24) is 15.5 Å². The van der Waals surface area contributed by atoms with Crippen LogP contribution in [0, 0.1) is 5.41 Å². The Balaban J connectivity index is 1.76. The first kappa shape index (κ1) is 22.4. The number of hydrogen-bond donors (Lipinski definition) is 2. The van der Waals surface area contributed by atoms with Crippen molar-refractivity contribution < 1.29 is 14.3 Å². The molecule has 1 atom stereocenters. The lowest BCUT2D eigenvalue weighted by molar-refractivity contribution is -0.132. The summed E-state index contributed by atoms with van der Waals surface area (Å²) in [7, 11) is 1.60. The number of nitrogens with zero attached hydrogens (tertiary/aromatic N) is 2. The average Bonchev–Trinajstić information content (AvgIpc) is 3.21. The van der Waals surface area contributed by atoms with Gasteiger partial charge in [0, 0.05) is 17.4 Å². The van der Waals surface area contributed by atoms with Crippen LogP contribution in [0.5, 0.6) is 5.75 Å². The summed E-state index contributed by atoms with van der Waals surface area (Å²) >= 11 is 1.26. The zero-order chi connectivity index (χ0) is 22.4. The minimum absolute atomic E-state index is 0.196. The highest BCUT2D eigenvalue weighted by Crippen LogP contribution is 2.29. The molecule has 0 aliphatic carbocycles. The summed E-state index contributed by atoms with van der Waals surface area (Å²) in [5, 5.41) is 14.9. The second kappa shape index (κ2) is 9.70. The molecule has 2 aromatic carbocycles. The number of carbonyl (C=O) groups is 2. The molecular weight excluding hydrogens is 412 g/mol. The lowest BCUT2D eigenvalue weighted by Crippen LogP contribution is -2.48. The van der Waals surface area contributed by atoms with Gasteiger partial charge in [-0.1, -0.05) is 74.6 Å². The van der Waals surface area contributed by atoms with Crippen LogP contribution in [0.3, 0.4) is 0 Å². The zero-order valence-electron chi connectivity index (χ0n) is 18.0. The molecule has 8 heteroatoms. The van der Waals surface area contributed by atoms with Crippen LogP contribution in [0.15, 0.2) is 54.6 Å². The fourth-order valence-corrected chi connectivity index (χ4v) is 3.52. The number of ether oxygens (including phenoxy) is 1. The van der Waals surface area contributed by atoms with Crippen LogP contribution in [-0.4, -0.2) is 35.2 Å². The highest BCUT2D eigenvalue weighted by atomic mass is 32.1. The molecule has 3 aromatic rings. The van der Waals surface area contributed by atoms with Crippen LogP contribution in [0.2, 0.25) is 0 Å². The van der Waals surface area contributed by atoms with E-state index in [9.17, 15) is 9.59 Å². The van der Waals surface area contributed by atoms with E-state index in [1.165, 1.54) is 11.3 Å². The Hall–Kier alpha value is -3.26. The summed E-state index contributed by atoms with van der Waals surface area (Å²) in [5.41, 5.74) is 1.18. The molecule has 1 unspecified atom stereocenters. The quantitative estimate of drug-likeness (QED) is 0.583. The van der Waals surface area contributed by atoms with E-state index in [1.54, 1.807) is 7.11 Å². The molecule has 2 N–H and O–H groups in total. The van der Waals surface area contributed by atoms with Crippen LogP contribution in [0.25, 0.3) is 10.6 Å². The molecule has 3 rings (SSSR count). The molecule has 0 fully saturated rings. The maximum Gasteiger partial charge on any atom is 0.249 e. The standard InChI is InChI=1S/C23H26N4O3S/c1-23(2,3)21(29)24-18(13-15-9-6-5-7-10-15)19(28)25-22-27-26-20(31-22)16-11-8-12-17(14-16)30-4/h5-12,14,18H,13H2,1-4H3,(H,24,29)(H,25,27,28). The first-order valence-electron chi connectivity index (χ1n) is 9.90. The van der Waals surface area contributed by atoms with E-state index in [4.69, 9.17) is 4.74 Å². The van der Waals surface area contributed by atoms with Crippen molar-refractivity contribution in [3.63, 3.8) is 0 Å². The first-order chi connectivity index (χ1) is 14.8. The number of amides is 2. The smallest absolute Gasteiger partial charge is 0.249 e. The van der Waals surface area contributed by atoms with E-state index < -0.39 is 11.5 Å². The molecular formula is C23H26N4O3S. The summed E-state index contributed by atoms with van der Waals surface area (Å²) in [5.74, 6) is 0.179. The second-order valence-electron chi connectivity index (χ2n) is 8.10. The summed E-state index contributed by atoms with van der Waals surface area (Å²) in [6.07, 6.45) is 0.371. The highest BCUT2D eigenvalue weighted by molar-refractivity contribution is 7.18. The predicted octanol–water partition coefficient (Wildman–Crippen LogP) is 3.93. The molecule has 0 aliphatic heterocycles. The van der Waals surface area contributed by atoms with Gasteiger partial charge in [0.2, 0.25) is 16.9 Å². The molecule has 1 aromatic heterocycles. The van der Waals surface area contributed by atoms with Gasteiger partial charge in [0.25, 0.3) is 0 Å². The predicted molar refractivity (Wildman–Crippen MR) is 122 cm³/mol. The molecule has 7 nitrogen and oxygen atoms in total. The topological polar surface area (TPSA) is 93.2 Å². The molecule has 0 aliphatic rings. The van der Waals surface area contributed by atoms with E-state index in [0.717, 1.165) is 11.1 Å². The summed E-state index contributed by atoms with van der Waals surface area (Å²) in [6, 6.07) is 16.3. The molecule has 162 valence electrons. The SMILES string of the molecule is COc1cccc(-c2nnc(NC(=O)C(Cc3ccccc3)NC(=O)C(C)(C)C)s2)c1. The van der Waals surface area contributed by atoms with Gasteiger partial charge in [-0.25, -0.2) is 0 Å². The molecule has 0 saturated carbocycles. The van der Waals surface area contributed by atoms with E-state index in [-0.39, 0.29) is 11.8 Å². The molecule has 0 bridgehead atoms. The number of methoxy groups -OCH3 is 1. The molecule has 2 amide bonds. The van der Waals surface area contributed by atoms with Gasteiger partial charge in [0.1, 0.15) is 16.8 Å². The number of carbonyl (C=O) groups excluding carboxylic acids is 2. The van der Waals surface area contributed by atoms with Crippen LogP contribution < -0.4 is 15.4 Å². The maximum absolute atomic E-state index is 13.0. The van der Waals surface area contributed by atoms with E-state index in [0.29, 0.717) is 22.3 Å². The van der Waals surface area contributed by atoms with Crippen molar-refractivity contribution in [2.75, 3.05) is 12.4 Å². The third-order valence-corrected chi connectivity index (χ3v) is 5.45. The molecule has 31 heavy (non-hydrogen) atoms. The first-order valence-corrected chi connectivity index (χ1v) is 10.7. The summed E-state index contributed by atoms with van der Waals surface area (Å²) in [6.45, 7) is 5.43. The Bertz CT molecular complexity index is 1040. The Kier molecular flexibility index (Phi) is 7.02. The highest BCUT2D eigenvalue weighted by Gasteiger charge is 2.28. The third-order valence-electron chi connectivity index (χ3n) is 4.56. The Morgan fingerprint density at radius 2 is 1.81 bits per heavy atom. The second-order valence-corrected chi connectivity index (χ2v) is 9.08. The average molecular weight is 439 g/mol. The fraction of sp³-hybridized carbons (Fsp3) is 0.304. The van der Waals surface area contributed by atoms with Gasteiger partial charge in [0.15, 0.2) is 0 Å². The molecule has 0 saturated heterocycles. The van der Waals surface area contributed by atoms with Gasteiger partial charge in [-0.15, -0.1) is 10.2 Å². The molecule has 1 heterocycles. The minimum atomic E-state index is -0.738. The van der Waals surface area contributed by atoms with E-state index >= 15 is 0 Å². The number of benzene rings is 2. The Labute approximate surface area is 185 Å². The Morgan fingerprint density at radius 3 is 2.48 bits per heavy atom. The van der Waals surface area contributed by atoms with Crippen molar-refractivity contribution in [3.05, 3.63) is 60.2 Å². The van der Waals surface area contributed by atoms with Gasteiger partial charge in [-0.05, 0) is 17.7 Å². The lowest BCUT2D eigenvalue weighted by Gasteiger charge is -2.23. The van der Waals surface area contributed by atoms with Crippen molar-refractivity contribution in [2.45, 2.75) is 33.2 Å². The number of nitrogens with one attached hydrogen (secondary N) is 2. The Morgan fingerprint density at radius 1 is 1.06 bits per heavy atom. The third kappa shape index (κ3) is 6.11. The number of aromatic nitrogens is 2. The lowest BCUT2D eigenvalue weighted by atomic mass is 9.94. The van der Waals surface area contributed by atoms with Gasteiger partial charge in [-0.2, -0.15) is 0 Å². The van der Waals surface area contributed by atoms with Gasteiger partial charge >= 0.3 is 0 Å². The monoisotopic (exact) mass is 438 g/mol. The number of hydrogen-bond acceptors (Lipinski definition) is 6. The van der Waals surface area contributed by atoms with Crippen molar-refractivity contribution >= 4 is 28.3 Å². The van der Waals surface area contributed by atoms with Crippen LogP contribution >= 0.6 is 11.3 Å². The zero-order valence-corrected chi connectivity index (χ0v) is 18.8. The largest absolute Gasteiger partial charge is 0.497 e. The summed E-state index contributed by atoms with van der Waals surface area (Å²) < 4.78 is 5.25. The minimum Gasteiger partial charge on any atom is -0.497 e. The van der Waals surface area contributed by atoms with Gasteiger partial charge in [0.05, 0.1) is 7.11 Å². The van der Waals surface area contributed by atoms with Crippen LogP contribution in [0.1, 0.15) is 26.3 Å². The fourth-order valence-electron chi connectivity index (χ4n) is 2.77. The van der Waals surface area contributed by atoms with Crippen molar-refractivity contribution in [1.29, 1.82) is 0 Å². The summed E-state index contributed by atoms with van der Waals surface area (Å²) in [4.78, 5) is 25.6. The van der Waals surface area contributed by atoms with Crippen LogP contribution in [-0.2, 0) is 16.0 Å². The molecule has 0 spiro atoms. The van der Waals surface area contributed by atoms with Gasteiger partial charge < -0.3 is 10.1 Å². The normalized spacial score (nSPS) is 12.1. The van der Waals surface area contributed by atoms with E-state index in [2.05, 4.69) is 20.8 Å². The van der Waals surface area contributed by atoms with Crippen molar-refractivity contribution in [2.24, 2.45) is 5.41 Å². The number of rotatable bonds is 7. The van der Waals surface area contributed by atoms with Gasteiger partial charge in [-0.3, -0.25) is 14.9 Å². The van der Waals surface area contributed by atoms with Crippen molar-refractivity contribution in [3.8, 4) is 16.3 Å². The maximum atomic E-state index is 13.0. The number of anilines is 1. The molecule has 0 radical (unpaired) electrons. The van der Waals surface area contributed by atoms with E-state index in [1.807, 2.05) is 75.4 Å².